The van der Waals surface area contributed by atoms with Gasteiger partial charge in [-0.25, -0.2) is 9.07 Å². The van der Waals surface area contributed by atoms with E-state index in [4.69, 9.17) is 5.11 Å². The third-order valence-electron chi connectivity index (χ3n) is 3.83. The zero-order valence-corrected chi connectivity index (χ0v) is 13.1. The molecule has 0 bridgehead atoms. The van der Waals surface area contributed by atoms with Crippen LogP contribution >= 0.6 is 0 Å². The molecule has 122 valence electrons. The summed E-state index contributed by atoms with van der Waals surface area (Å²) in [5, 5.41) is 15.6. The average Bonchev–Trinajstić information content (AvgIpc) is 2.88. The number of halogens is 1. The van der Waals surface area contributed by atoms with Crippen LogP contribution in [0.4, 0.5) is 4.39 Å². The zero-order valence-electron chi connectivity index (χ0n) is 13.1. The molecule has 0 saturated heterocycles. The second kappa shape index (κ2) is 6.60. The second-order valence-electron chi connectivity index (χ2n) is 5.40. The van der Waals surface area contributed by atoms with Gasteiger partial charge in [0.25, 0.3) is 5.91 Å². The van der Waals surface area contributed by atoms with Gasteiger partial charge in [-0.2, -0.15) is 5.10 Å². The highest BCUT2D eigenvalue weighted by Crippen LogP contribution is 2.17. The second-order valence-corrected chi connectivity index (χ2v) is 5.40. The summed E-state index contributed by atoms with van der Waals surface area (Å²) < 4.78 is 15.2. The number of amides is 1. The predicted molar refractivity (Wildman–Crippen MR) is 82.0 cm³/mol. The van der Waals surface area contributed by atoms with Gasteiger partial charge in [0.15, 0.2) is 0 Å². The molecule has 0 aliphatic heterocycles. The van der Waals surface area contributed by atoms with Gasteiger partial charge < -0.3 is 10.4 Å². The summed E-state index contributed by atoms with van der Waals surface area (Å²) in [6, 6.07) is 5.57. The SMILES string of the molecule is Cc1c(C(=O)NC(C)C(C)C(=O)O)cnn1-c1ccccc1F. The molecule has 23 heavy (non-hydrogen) atoms. The molecule has 0 spiro atoms. The van der Waals surface area contributed by atoms with Gasteiger partial charge in [-0.1, -0.05) is 12.1 Å². The van der Waals surface area contributed by atoms with Crippen LogP contribution in [0, 0.1) is 18.7 Å². The number of para-hydroxylation sites is 1. The molecule has 2 N–H and O–H groups in total. The number of carbonyl (C=O) groups excluding carboxylic acids is 1. The molecule has 2 atom stereocenters. The van der Waals surface area contributed by atoms with Gasteiger partial charge in [-0.3, -0.25) is 9.59 Å². The van der Waals surface area contributed by atoms with E-state index in [2.05, 4.69) is 10.4 Å². The number of carbonyl (C=O) groups is 2. The van der Waals surface area contributed by atoms with Crippen LogP contribution in [0.25, 0.3) is 5.69 Å². The first-order chi connectivity index (χ1) is 10.8. The maximum Gasteiger partial charge on any atom is 0.308 e. The van der Waals surface area contributed by atoms with Gasteiger partial charge in [-0.05, 0) is 32.9 Å². The van der Waals surface area contributed by atoms with Crippen molar-refractivity contribution in [2.24, 2.45) is 5.92 Å². The predicted octanol–water partition coefficient (Wildman–Crippen LogP) is 2.16. The minimum Gasteiger partial charge on any atom is -0.481 e. The lowest BCUT2D eigenvalue weighted by Crippen LogP contribution is -2.40. The third-order valence-corrected chi connectivity index (χ3v) is 3.83. The van der Waals surface area contributed by atoms with Crippen molar-refractivity contribution < 1.29 is 19.1 Å². The summed E-state index contributed by atoms with van der Waals surface area (Å²) in [4.78, 5) is 23.2. The Labute approximate surface area is 132 Å². The van der Waals surface area contributed by atoms with Crippen molar-refractivity contribution in [3.05, 3.63) is 47.5 Å². The van der Waals surface area contributed by atoms with E-state index in [9.17, 15) is 14.0 Å². The van der Waals surface area contributed by atoms with Crippen molar-refractivity contribution in [1.82, 2.24) is 15.1 Å². The van der Waals surface area contributed by atoms with Crippen molar-refractivity contribution in [2.45, 2.75) is 26.8 Å². The third kappa shape index (κ3) is 3.39. The van der Waals surface area contributed by atoms with Crippen molar-refractivity contribution in [3.63, 3.8) is 0 Å². The number of nitrogens with zero attached hydrogens (tertiary/aromatic N) is 2. The van der Waals surface area contributed by atoms with Crippen molar-refractivity contribution in [2.75, 3.05) is 0 Å². The molecular formula is C16H18FN3O3. The summed E-state index contributed by atoms with van der Waals surface area (Å²) in [5.41, 5.74) is 0.997. The van der Waals surface area contributed by atoms with Crippen molar-refractivity contribution in [1.29, 1.82) is 0 Å². The smallest absolute Gasteiger partial charge is 0.308 e. The van der Waals surface area contributed by atoms with E-state index in [1.165, 1.54) is 23.9 Å². The van der Waals surface area contributed by atoms with E-state index in [0.717, 1.165) is 0 Å². The van der Waals surface area contributed by atoms with E-state index >= 15 is 0 Å². The van der Waals surface area contributed by atoms with Crippen LogP contribution in [-0.2, 0) is 4.79 Å². The monoisotopic (exact) mass is 319 g/mol. The van der Waals surface area contributed by atoms with Gasteiger partial charge >= 0.3 is 5.97 Å². The summed E-state index contributed by atoms with van der Waals surface area (Å²) in [6.45, 7) is 4.79. The minimum atomic E-state index is -0.989. The molecule has 2 aromatic rings. The summed E-state index contributed by atoms with van der Waals surface area (Å²) in [6.07, 6.45) is 1.34. The molecular weight excluding hydrogens is 301 g/mol. The van der Waals surface area contributed by atoms with Crippen LogP contribution in [0.15, 0.2) is 30.5 Å². The Morgan fingerprint density at radius 1 is 1.30 bits per heavy atom. The molecule has 1 heterocycles. The fourth-order valence-corrected chi connectivity index (χ4v) is 2.12. The zero-order chi connectivity index (χ0) is 17.1. The highest BCUT2D eigenvalue weighted by molar-refractivity contribution is 5.95. The number of rotatable bonds is 5. The lowest BCUT2D eigenvalue weighted by atomic mass is 10.0. The number of carboxylic acid groups (broad SMARTS) is 1. The Kier molecular flexibility index (Phi) is 4.78. The van der Waals surface area contributed by atoms with Crippen LogP contribution < -0.4 is 5.32 Å². The fraction of sp³-hybridized carbons (Fsp3) is 0.312. The maximum atomic E-state index is 13.8. The number of benzene rings is 1. The first kappa shape index (κ1) is 16.7. The van der Waals surface area contributed by atoms with Gasteiger partial charge in [0.1, 0.15) is 11.5 Å². The van der Waals surface area contributed by atoms with Crippen LogP contribution in [0.2, 0.25) is 0 Å². The molecule has 0 fully saturated rings. The summed E-state index contributed by atoms with van der Waals surface area (Å²) in [5.74, 6) is -2.60. The van der Waals surface area contributed by atoms with Crippen LogP contribution in [0.5, 0.6) is 0 Å². The van der Waals surface area contributed by atoms with Gasteiger partial charge in [0, 0.05) is 6.04 Å². The molecule has 1 amide bonds. The average molecular weight is 319 g/mol. The van der Waals surface area contributed by atoms with Crippen LogP contribution in [0.1, 0.15) is 29.9 Å². The van der Waals surface area contributed by atoms with Gasteiger partial charge in [0.05, 0.1) is 23.4 Å². The number of hydrogen-bond acceptors (Lipinski definition) is 3. The highest BCUT2D eigenvalue weighted by Gasteiger charge is 2.23. The van der Waals surface area contributed by atoms with Gasteiger partial charge in [0.2, 0.25) is 0 Å². The normalized spacial score (nSPS) is 13.4. The van der Waals surface area contributed by atoms with E-state index < -0.39 is 29.7 Å². The molecule has 6 nitrogen and oxygen atoms in total. The molecule has 2 unspecified atom stereocenters. The van der Waals surface area contributed by atoms with Crippen molar-refractivity contribution >= 4 is 11.9 Å². The largest absolute Gasteiger partial charge is 0.481 e. The number of carboxylic acids is 1. The summed E-state index contributed by atoms with van der Waals surface area (Å²) >= 11 is 0. The lowest BCUT2D eigenvalue weighted by molar-refractivity contribution is -0.141. The summed E-state index contributed by atoms with van der Waals surface area (Å²) in [7, 11) is 0. The molecule has 7 heteroatoms. The molecule has 1 aromatic heterocycles. The Morgan fingerprint density at radius 3 is 2.57 bits per heavy atom. The quantitative estimate of drug-likeness (QED) is 0.884. The highest BCUT2D eigenvalue weighted by atomic mass is 19.1. The Bertz CT molecular complexity index is 742. The topological polar surface area (TPSA) is 84.2 Å². The number of hydrogen-bond donors (Lipinski definition) is 2. The Hall–Kier alpha value is -2.70. The number of aliphatic carboxylic acids is 1. The van der Waals surface area contributed by atoms with Crippen molar-refractivity contribution in [3.8, 4) is 5.69 Å². The molecule has 0 saturated carbocycles. The molecule has 2 rings (SSSR count). The molecule has 0 aliphatic rings. The van der Waals surface area contributed by atoms with E-state index in [0.29, 0.717) is 5.69 Å². The first-order valence-electron chi connectivity index (χ1n) is 7.16. The Balaban J connectivity index is 2.24. The first-order valence-corrected chi connectivity index (χ1v) is 7.16. The fourth-order valence-electron chi connectivity index (χ4n) is 2.12. The number of nitrogens with one attached hydrogen (secondary N) is 1. The van der Waals surface area contributed by atoms with Gasteiger partial charge in [-0.15, -0.1) is 0 Å². The standard InChI is InChI=1S/C16H18FN3O3/c1-9(16(22)23)10(2)19-15(21)12-8-18-20(11(12)3)14-7-5-4-6-13(14)17/h4-10H,1-3H3,(H,19,21)(H,22,23). The van der Waals surface area contributed by atoms with Crippen LogP contribution in [-0.4, -0.2) is 32.8 Å². The Morgan fingerprint density at radius 2 is 1.96 bits per heavy atom. The van der Waals surface area contributed by atoms with Crippen LogP contribution in [0.3, 0.4) is 0 Å². The number of aromatic nitrogens is 2. The molecule has 0 radical (unpaired) electrons. The van der Waals surface area contributed by atoms with E-state index in [-0.39, 0.29) is 11.3 Å². The minimum absolute atomic E-state index is 0.246. The maximum absolute atomic E-state index is 13.8. The lowest BCUT2D eigenvalue weighted by Gasteiger charge is -2.17. The molecule has 0 aliphatic carbocycles. The molecule has 1 aromatic carbocycles. The van der Waals surface area contributed by atoms with E-state index in [1.807, 2.05) is 0 Å². The van der Waals surface area contributed by atoms with E-state index in [1.54, 1.807) is 32.0 Å².